The molecule has 0 saturated heterocycles. The van der Waals surface area contributed by atoms with Crippen LogP contribution in [-0.2, 0) is 19.6 Å². The van der Waals surface area contributed by atoms with Gasteiger partial charge in [0.25, 0.3) is 0 Å². The van der Waals surface area contributed by atoms with Crippen molar-refractivity contribution in [2.24, 2.45) is 0 Å². The van der Waals surface area contributed by atoms with Gasteiger partial charge in [0, 0.05) is 6.42 Å². The number of rotatable bonds is 17. The Morgan fingerprint density at radius 2 is 1.33 bits per heavy atom. The Hall–Kier alpha value is 0.120. The quantitative estimate of drug-likeness (QED) is 0.117. The summed E-state index contributed by atoms with van der Waals surface area (Å²) in [6.45, 7) is 3.39. The first-order chi connectivity index (χ1) is 12.4. The Bertz CT molecular complexity index is 477. The average molecular weight is 415 g/mol. The molecular weight excluding hydrogens is 375 g/mol. The van der Waals surface area contributed by atoms with E-state index >= 15 is 0 Å². The summed E-state index contributed by atoms with van der Waals surface area (Å²) >= 11 is 0. The van der Waals surface area contributed by atoms with Gasteiger partial charge in [-0.15, -0.1) is 0 Å². The molecule has 7 heteroatoms. The van der Waals surface area contributed by atoms with Crippen LogP contribution in [0, 0.1) is 0 Å². The van der Waals surface area contributed by atoms with E-state index in [9.17, 15) is 13.2 Å². The van der Waals surface area contributed by atoms with Crippen LogP contribution in [0.4, 0.5) is 0 Å². The van der Waals surface area contributed by atoms with Crippen molar-refractivity contribution < 1.29 is 22.5 Å². The fourth-order valence-electron chi connectivity index (χ4n) is 2.64. The van der Waals surface area contributed by atoms with Crippen molar-refractivity contribution in [1.82, 2.24) is 0 Å². The molecule has 0 saturated carbocycles. The molecule has 0 aromatic carbocycles. The zero-order valence-electron chi connectivity index (χ0n) is 16.6. The molecule has 5 nitrogen and oxygen atoms in total. The van der Waals surface area contributed by atoms with Gasteiger partial charge in [0.1, 0.15) is 0 Å². The number of esters is 1. The van der Waals surface area contributed by atoms with Crippen LogP contribution in [0.15, 0.2) is 12.2 Å². The summed E-state index contributed by atoms with van der Waals surface area (Å²) in [6, 6.07) is 0. The molecule has 0 aliphatic rings. The minimum atomic E-state index is -4.31. The molecule has 156 valence electrons. The van der Waals surface area contributed by atoms with Gasteiger partial charge in [0.15, 0.2) is 0 Å². The maximum absolute atomic E-state index is 11.4. The van der Waals surface area contributed by atoms with Crippen molar-refractivity contribution >= 4 is 45.6 Å². The van der Waals surface area contributed by atoms with Crippen LogP contribution in [0.1, 0.15) is 104 Å². The molecule has 0 radical (unpaired) electrons. The molecule has 0 rings (SSSR count). The second-order valence-corrected chi connectivity index (χ2v) is 8.60. The minimum absolute atomic E-state index is 0. The summed E-state index contributed by atoms with van der Waals surface area (Å²) in [4.78, 5) is 11.4. The first kappa shape index (κ1) is 29.3. The van der Waals surface area contributed by atoms with Gasteiger partial charge >= 0.3 is 45.6 Å². The number of ether oxygens (including phenoxy) is 1. The molecule has 0 aromatic heterocycles. The summed E-state index contributed by atoms with van der Waals surface area (Å²) < 4.78 is 34.9. The number of unbranched alkanes of at least 4 members (excludes halogenated alkanes) is 11. The Morgan fingerprint density at radius 1 is 0.889 bits per heavy atom. The second kappa shape index (κ2) is 19.4. The summed E-state index contributed by atoms with van der Waals surface area (Å²) in [6.07, 6.45) is 20.1. The zero-order valence-corrected chi connectivity index (χ0v) is 17.4. The topological polar surface area (TPSA) is 80.7 Å². The van der Waals surface area contributed by atoms with E-state index in [-0.39, 0.29) is 36.0 Å². The number of hydrogen-bond acceptors (Lipinski definition) is 4. The fourth-order valence-corrected chi connectivity index (χ4v) is 2.87. The number of hydrogen-bond donors (Lipinski definition) is 1. The van der Waals surface area contributed by atoms with Crippen LogP contribution < -0.4 is 0 Å². The SMILES string of the molecule is CCCCCCCCC=CCCCCCCCC(=O)OC(C)S(=O)(=O)O.[NaH]. The standard InChI is InChI=1S/C20H38O5S.Na.H/c1-3-4-5-6-7-8-9-10-11-12-13-14-15-16-17-18-20(21)25-19(2)26(22,23)24;;/h10-11,19H,3-9,12-18H2,1-2H3,(H,22,23,24);;. The number of allylic oxidation sites excluding steroid dienone is 2. The Kier molecular flexibility index (Phi) is 21.1. The van der Waals surface area contributed by atoms with Gasteiger partial charge in [0.2, 0.25) is 5.44 Å². The molecule has 0 heterocycles. The third-order valence-corrected chi connectivity index (χ3v) is 5.29. The van der Waals surface area contributed by atoms with Gasteiger partial charge < -0.3 is 4.74 Å². The maximum atomic E-state index is 11.4. The van der Waals surface area contributed by atoms with E-state index in [0.29, 0.717) is 6.42 Å². The summed E-state index contributed by atoms with van der Waals surface area (Å²) in [5.41, 5.74) is -1.49. The summed E-state index contributed by atoms with van der Waals surface area (Å²) in [7, 11) is -4.31. The molecule has 27 heavy (non-hydrogen) atoms. The van der Waals surface area contributed by atoms with Crippen molar-refractivity contribution in [3.63, 3.8) is 0 Å². The molecule has 0 spiro atoms. The van der Waals surface area contributed by atoms with E-state index in [1.165, 1.54) is 44.9 Å². The van der Waals surface area contributed by atoms with Crippen LogP contribution in [0.3, 0.4) is 0 Å². The van der Waals surface area contributed by atoms with Gasteiger partial charge in [-0.2, -0.15) is 8.42 Å². The third kappa shape index (κ3) is 20.7. The normalized spacial score (nSPS) is 12.7. The van der Waals surface area contributed by atoms with Crippen molar-refractivity contribution in [2.45, 2.75) is 109 Å². The van der Waals surface area contributed by atoms with E-state index in [2.05, 4.69) is 23.8 Å². The average Bonchev–Trinajstić information content (AvgIpc) is 2.57. The molecule has 1 N–H and O–H groups in total. The predicted molar refractivity (Wildman–Crippen MR) is 114 cm³/mol. The van der Waals surface area contributed by atoms with Gasteiger partial charge in [-0.1, -0.05) is 70.4 Å². The number of carbonyl (C=O) groups excluding carboxylic acids is 1. The van der Waals surface area contributed by atoms with Crippen LogP contribution in [0.5, 0.6) is 0 Å². The first-order valence-corrected chi connectivity index (χ1v) is 11.7. The molecule has 0 bridgehead atoms. The van der Waals surface area contributed by atoms with Crippen molar-refractivity contribution in [2.75, 3.05) is 0 Å². The first-order valence-electron chi connectivity index (χ1n) is 10.2. The summed E-state index contributed by atoms with van der Waals surface area (Å²) in [5.74, 6) is -0.576. The van der Waals surface area contributed by atoms with Crippen LogP contribution in [0.25, 0.3) is 0 Å². The van der Waals surface area contributed by atoms with Gasteiger partial charge in [-0.25, -0.2) is 0 Å². The fraction of sp³-hybridized carbons (Fsp3) is 0.850. The van der Waals surface area contributed by atoms with Crippen molar-refractivity contribution in [1.29, 1.82) is 0 Å². The predicted octanol–water partition coefficient (Wildman–Crippen LogP) is 5.15. The van der Waals surface area contributed by atoms with Crippen molar-refractivity contribution in [3.8, 4) is 0 Å². The molecular formula is C20H39NaO5S. The van der Waals surface area contributed by atoms with Gasteiger partial charge in [0.05, 0.1) is 0 Å². The molecule has 0 aromatic rings. The van der Waals surface area contributed by atoms with Crippen LogP contribution >= 0.6 is 0 Å². The molecule has 1 unspecified atom stereocenters. The van der Waals surface area contributed by atoms with E-state index in [0.717, 1.165) is 39.0 Å². The van der Waals surface area contributed by atoms with E-state index in [4.69, 9.17) is 4.55 Å². The Labute approximate surface area is 188 Å². The molecule has 1 atom stereocenters. The second-order valence-electron chi connectivity index (χ2n) is 6.91. The molecule has 0 fully saturated rings. The monoisotopic (exact) mass is 414 g/mol. The Balaban J connectivity index is 0. The van der Waals surface area contributed by atoms with Crippen LogP contribution in [0.2, 0.25) is 0 Å². The third-order valence-electron chi connectivity index (χ3n) is 4.36. The van der Waals surface area contributed by atoms with Gasteiger partial charge in [-0.05, 0) is 39.0 Å². The number of carbonyl (C=O) groups is 1. The molecule has 0 aliphatic heterocycles. The van der Waals surface area contributed by atoms with E-state index in [1.54, 1.807) is 0 Å². The Morgan fingerprint density at radius 3 is 1.81 bits per heavy atom. The molecule has 0 aliphatic carbocycles. The molecule has 0 amide bonds. The van der Waals surface area contributed by atoms with Crippen LogP contribution in [-0.4, -0.2) is 53.9 Å². The van der Waals surface area contributed by atoms with Gasteiger partial charge in [-0.3, -0.25) is 9.35 Å². The van der Waals surface area contributed by atoms with E-state index in [1.807, 2.05) is 0 Å². The summed E-state index contributed by atoms with van der Waals surface area (Å²) in [5, 5.41) is 0. The van der Waals surface area contributed by atoms with Crippen molar-refractivity contribution in [3.05, 3.63) is 12.2 Å². The van der Waals surface area contributed by atoms with E-state index < -0.39 is 21.5 Å². The zero-order chi connectivity index (χ0) is 19.7.